The molecular formula is C12H26N2O2S. The Balaban J connectivity index is 2.31. The third kappa shape index (κ3) is 5.84. The van der Waals surface area contributed by atoms with Crippen LogP contribution in [0.2, 0.25) is 0 Å². The maximum Gasteiger partial charge on any atom is 0.215 e. The molecule has 4 nitrogen and oxygen atoms in total. The van der Waals surface area contributed by atoms with Crippen LogP contribution >= 0.6 is 0 Å². The molecule has 0 aliphatic heterocycles. The molecular weight excluding hydrogens is 236 g/mol. The van der Waals surface area contributed by atoms with Crippen molar-refractivity contribution in [3.05, 3.63) is 0 Å². The van der Waals surface area contributed by atoms with Crippen LogP contribution in [0.15, 0.2) is 0 Å². The number of hydrogen-bond acceptors (Lipinski definition) is 3. The van der Waals surface area contributed by atoms with Crippen LogP contribution < -0.4 is 10.0 Å². The first-order chi connectivity index (χ1) is 7.95. The van der Waals surface area contributed by atoms with E-state index in [1.54, 1.807) is 6.92 Å². The second-order valence-electron chi connectivity index (χ2n) is 5.20. The van der Waals surface area contributed by atoms with Gasteiger partial charge in [0.1, 0.15) is 0 Å². The SMILES string of the molecule is CCCCC(C)NS(=O)(=O)C(C)CNC1CC1. The molecule has 1 fully saturated rings. The van der Waals surface area contributed by atoms with Crippen LogP contribution in [-0.2, 0) is 10.0 Å². The number of nitrogens with one attached hydrogen (secondary N) is 2. The third-order valence-electron chi connectivity index (χ3n) is 3.16. The van der Waals surface area contributed by atoms with E-state index in [-0.39, 0.29) is 11.3 Å². The lowest BCUT2D eigenvalue weighted by Gasteiger charge is -2.18. The van der Waals surface area contributed by atoms with E-state index in [1.165, 1.54) is 12.8 Å². The van der Waals surface area contributed by atoms with E-state index >= 15 is 0 Å². The lowest BCUT2D eigenvalue weighted by Crippen LogP contribution is -2.43. The van der Waals surface area contributed by atoms with Gasteiger partial charge in [-0.15, -0.1) is 0 Å². The fourth-order valence-electron chi connectivity index (χ4n) is 1.70. The van der Waals surface area contributed by atoms with Gasteiger partial charge in [0.25, 0.3) is 0 Å². The van der Waals surface area contributed by atoms with Crippen molar-refractivity contribution in [2.45, 2.75) is 70.2 Å². The number of unbranched alkanes of at least 4 members (excludes halogenated alkanes) is 1. The Morgan fingerprint density at radius 1 is 1.29 bits per heavy atom. The van der Waals surface area contributed by atoms with Gasteiger partial charge in [-0.3, -0.25) is 0 Å². The quantitative estimate of drug-likeness (QED) is 0.664. The van der Waals surface area contributed by atoms with Crippen molar-refractivity contribution in [3.63, 3.8) is 0 Å². The van der Waals surface area contributed by atoms with Crippen LogP contribution in [0.25, 0.3) is 0 Å². The van der Waals surface area contributed by atoms with E-state index in [1.807, 2.05) is 6.92 Å². The van der Waals surface area contributed by atoms with Gasteiger partial charge in [-0.05, 0) is 33.1 Å². The minimum atomic E-state index is -3.17. The van der Waals surface area contributed by atoms with E-state index in [4.69, 9.17) is 0 Å². The van der Waals surface area contributed by atoms with Crippen LogP contribution in [0, 0.1) is 0 Å². The van der Waals surface area contributed by atoms with Gasteiger partial charge in [-0.1, -0.05) is 19.8 Å². The van der Waals surface area contributed by atoms with Gasteiger partial charge in [-0.2, -0.15) is 0 Å². The molecule has 0 amide bonds. The Labute approximate surface area is 106 Å². The summed E-state index contributed by atoms with van der Waals surface area (Å²) in [6, 6.07) is 0.605. The molecule has 1 aliphatic carbocycles. The van der Waals surface area contributed by atoms with Crippen molar-refractivity contribution in [2.24, 2.45) is 0 Å². The fourth-order valence-corrected chi connectivity index (χ4v) is 2.92. The van der Waals surface area contributed by atoms with Gasteiger partial charge in [0.15, 0.2) is 0 Å². The summed E-state index contributed by atoms with van der Waals surface area (Å²) in [7, 11) is -3.17. The van der Waals surface area contributed by atoms with Gasteiger partial charge in [0.05, 0.1) is 5.25 Å². The maximum atomic E-state index is 12.0. The molecule has 17 heavy (non-hydrogen) atoms. The van der Waals surface area contributed by atoms with Crippen LogP contribution in [0.4, 0.5) is 0 Å². The lowest BCUT2D eigenvalue weighted by atomic mass is 10.2. The zero-order valence-electron chi connectivity index (χ0n) is 11.2. The van der Waals surface area contributed by atoms with Crippen LogP contribution in [0.3, 0.4) is 0 Å². The molecule has 2 atom stereocenters. The van der Waals surface area contributed by atoms with Crippen molar-refractivity contribution in [3.8, 4) is 0 Å². The minimum Gasteiger partial charge on any atom is -0.313 e. The van der Waals surface area contributed by atoms with Crippen LogP contribution in [-0.4, -0.2) is 32.3 Å². The summed E-state index contributed by atoms with van der Waals surface area (Å²) in [6.45, 7) is 6.38. The molecule has 0 bridgehead atoms. The molecule has 0 aromatic rings. The second-order valence-corrected chi connectivity index (χ2v) is 7.33. The van der Waals surface area contributed by atoms with Crippen LogP contribution in [0.1, 0.15) is 52.9 Å². The first kappa shape index (κ1) is 14.9. The Morgan fingerprint density at radius 2 is 1.94 bits per heavy atom. The Morgan fingerprint density at radius 3 is 2.47 bits per heavy atom. The first-order valence-corrected chi connectivity index (χ1v) is 8.25. The summed E-state index contributed by atoms with van der Waals surface area (Å²) in [5.41, 5.74) is 0. The zero-order valence-corrected chi connectivity index (χ0v) is 12.0. The summed E-state index contributed by atoms with van der Waals surface area (Å²) >= 11 is 0. The monoisotopic (exact) mass is 262 g/mol. The third-order valence-corrected chi connectivity index (χ3v) is 5.11. The van der Waals surface area contributed by atoms with Crippen molar-refractivity contribution >= 4 is 10.0 Å². The minimum absolute atomic E-state index is 0.0447. The highest BCUT2D eigenvalue weighted by atomic mass is 32.2. The molecule has 102 valence electrons. The largest absolute Gasteiger partial charge is 0.313 e. The molecule has 0 aromatic heterocycles. The standard InChI is InChI=1S/C12H26N2O2S/c1-4-5-6-10(2)14-17(15,16)11(3)9-13-12-7-8-12/h10-14H,4-9H2,1-3H3. The molecule has 0 saturated heterocycles. The Hall–Kier alpha value is -0.130. The molecule has 1 aliphatic rings. The normalized spacial score (nSPS) is 20.2. The number of hydrogen-bond donors (Lipinski definition) is 2. The maximum absolute atomic E-state index is 12.0. The highest BCUT2D eigenvalue weighted by molar-refractivity contribution is 7.90. The predicted molar refractivity (Wildman–Crippen MR) is 71.5 cm³/mol. The van der Waals surface area contributed by atoms with Gasteiger partial charge in [-0.25, -0.2) is 13.1 Å². The lowest BCUT2D eigenvalue weighted by molar-refractivity contribution is 0.520. The van der Waals surface area contributed by atoms with Gasteiger partial charge < -0.3 is 5.32 Å². The molecule has 2 N–H and O–H groups in total. The van der Waals surface area contributed by atoms with E-state index < -0.39 is 10.0 Å². The highest BCUT2D eigenvalue weighted by Gasteiger charge is 2.26. The van der Waals surface area contributed by atoms with Crippen molar-refractivity contribution in [2.75, 3.05) is 6.54 Å². The van der Waals surface area contributed by atoms with E-state index in [0.717, 1.165) is 19.3 Å². The summed E-state index contributed by atoms with van der Waals surface area (Å²) in [5, 5.41) is 2.91. The predicted octanol–water partition coefficient (Wildman–Crippen LogP) is 1.62. The van der Waals surface area contributed by atoms with Gasteiger partial charge in [0, 0.05) is 18.6 Å². The topological polar surface area (TPSA) is 58.2 Å². The van der Waals surface area contributed by atoms with E-state index in [9.17, 15) is 8.42 Å². The molecule has 1 rings (SSSR count). The molecule has 1 saturated carbocycles. The molecule has 2 unspecified atom stereocenters. The average molecular weight is 262 g/mol. The first-order valence-electron chi connectivity index (χ1n) is 6.70. The van der Waals surface area contributed by atoms with Crippen LogP contribution in [0.5, 0.6) is 0 Å². The summed E-state index contributed by atoms with van der Waals surface area (Å²) in [4.78, 5) is 0. The number of sulfonamides is 1. The Bertz CT molecular complexity index is 312. The fraction of sp³-hybridized carbons (Fsp3) is 1.00. The average Bonchev–Trinajstić information content (AvgIpc) is 3.06. The van der Waals surface area contributed by atoms with Crippen molar-refractivity contribution < 1.29 is 8.42 Å². The van der Waals surface area contributed by atoms with E-state index in [2.05, 4.69) is 17.0 Å². The smallest absolute Gasteiger partial charge is 0.215 e. The van der Waals surface area contributed by atoms with E-state index in [0.29, 0.717) is 12.6 Å². The van der Waals surface area contributed by atoms with Gasteiger partial charge in [0.2, 0.25) is 10.0 Å². The number of rotatable bonds is 9. The molecule has 0 heterocycles. The Kier molecular flexibility index (Phi) is 5.89. The summed E-state index contributed by atoms with van der Waals surface area (Å²) in [6.07, 6.45) is 5.46. The highest BCUT2D eigenvalue weighted by Crippen LogP contribution is 2.18. The second kappa shape index (κ2) is 6.71. The molecule has 0 radical (unpaired) electrons. The van der Waals surface area contributed by atoms with Crippen molar-refractivity contribution in [1.82, 2.24) is 10.0 Å². The van der Waals surface area contributed by atoms with Crippen molar-refractivity contribution in [1.29, 1.82) is 0 Å². The zero-order chi connectivity index (χ0) is 12.9. The summed E-state index contributed by atoms with van der Waals surface area (Å²) in [5.74, 6) is 0. The molecule has 0 spiro atoms. The molecule has 5 heteroatoms. The van der Waals surface area contributed by atoms with Gasteiger partial charge >= 0.3 is 0 Å². The summed E-state index contributed by atoms with van der Waals surface area (Å²) < 4.78 is 26.7. The molecule has 0 aromatic carbocycles.